The van der Waals surface area contributed by atoms with Crippen LogP contribution in [0.25, 0.3) is 10.9 Å². The summed E-state index contributed by atoms with van der Waals surface area (Å²) in [5.74, 6) is -0.499. The highest BCUT2D eigenvalue weighted by atomic mass is 127. The van der Waals surface area contributed by atoms with Gasteiger partial charge in [0.25, 0.3) is 0 Å². The van der Waals surface area contributed by atoms with E-state index in [0.717, 1.165) is 14.5 Å². The zero-order valence-corrected chi connectivity index (χ0v) is 11.3. The topological polar surface area (TPSA) is 59.2 Å². The van der Waals surface area contributed by atoms with Gasteiger partial charge in [-0.1, -0.05) is 6.07 Å². The maximum atomic E-state index is 11.7. The van der Waals surface area contributed by atoms with E-state index in [4.69, 9.17) is 4.74 Å². The number of carbonyl (C=O) groups is 2. The van der Waals surface area contributed by atoms with Gasteiger partial charge < -0.3 is 9.72 Å². The summed E-state index contributed by atoms with van der Waals surface area (Å²) in [6.45, 7) is 2.01. The van der Waals surface area contributed by atoms with Crippen LogP contribution in [0, 0.1) is 3.57 Å². The number of aldehydes is 1. The molecule has 0 amide bonds. The number of fused-ring (bicyclic) bond motifs is 1. The lowest BCUT2D eigenvalue weighted by molar-refractivity contribution is 0.0518. The first-order chi connectivity index (χ1) is 8.17. The van der Waals surface area contributed by atoms with Crippen molar-refractivity contribution in [3.05, 3.63) is 33.0 Å². The van der Waals surface area contributed by atoms with E-state index in [-0.39, 0.29) is 12.3 Å². The third-order valence-electron chi connectivity index (χ3n) is 2.40. The number of halogens is 1. The van der Waals surface area contributed by atoms with Crippen molar-refractivity contribution in [2.24, 2.45) is 0 Å². The van der Waals surface area contributed by atoms with Crippen molar-refractivity contribution in [1.82, 2.24) is 4.98 Å². The number of rotatable bonds is 3. The zero-order valence-electron chi connectivity index (χ0n) is 9.12. The molecule has 0 atom stereocenters. The summed E-state index contributed by atoms with van der Waals surface area (Å²) in [4.78, 5) is 25.7. The number of nitrogens with one attached hydrogen (secondary N) is 1. The zero-order chi connectivity index (χ0) is 12.4. The molecule has 4 nitrogen and oxygen atoms in total. The standard InChI is InChI=1S/C12H10INO3/c1-2-17-12(16)11-9(6-15)8-4-3-7(13)5-10(8)14-11/h3-6,14H,2H2,1H3. The molecular formula is C12H10INO3. The molecule has 0 fully saturated rings. The van der Waals surface area contributed by atoms with Crippen LogP contribution in [0.15, 0.2) is 18.2 Å². The van der Waals surface area contributed by atoms with E-state index in [1.807, 2.05) is 18.2 Å². The minimum atomic E-state index is -0.499. The predicted octanol–water partition coefficient (Wildman–Crippen LogP) is 2.76. The van der Waals surface area contributed by atoms with E-state index in [1.165, 1.54) is 0 Å². The van der Waals surface area contributed by atoms with Crippen LogP contribution >= 0.6 is 22.6 Å². The van der Waals surface area contributed by atoms with E-state index < -0.39 is 5.97 Å². The van der Waals surface area contributed by atoms with Crippen LogP contribution in [0.3, 0.4) is 0 Å². The van der Waals surface area contributed by atoms with Gasteiger partial charge in [-0.15, -0.1) is 0 Å². The third kappa shape index (κ3) is 2.19. The molecule has 0 spiro atoms. The molecule has 88 valence electrons. The lowest BCUT2D eigenvalue weighted by Gasteiger charge is -1.98. The normalized spacial score (nSPS) is 10.5. The number of carbonyl (C=O) groups excluding carboxylic acids is 2. The van der Waals surface area contributed by atoms with Gasteiger partial charge >= 0.3 is 5.97 Å². The van der Waals surface area contributed by atoms with Crippen molar-refractivity contribution >= 4 is 45.7 Å². The molecule has 0 aliphatic heterocycles. The average molecular weight is 343 g/mol. The third-order valence-corrected chi connectivity index (χ3v) is 3.07. The van der Waals surface area contributed by atoms with Crippen LogP contribution in [0.2, 0.25) is 0 Å². The quantitative estimate of drug-likeness (QED) is 0.530. The molecular weight excluding hydrogens is 333 g/mol. The van der Waals surface area contributed by atoms with Gasteiger partial charge in [-0.3, -0.25) is 4.79 Å². The molecule has 0 saturated carbocycles. The van der Waals surface area contributed by atoms with Crippen molar-refractivity contribution in [3.63, 3.8) is 0 Å². The average Bonchev–Trinajstić information content (AvgIpc) is 2.66. The lowest BCUT2D eigenvalue weighted by Crippen LogP contribution is -2.07. The maximum Gasteiger partial charge on any atom is 0.355 e. The number of aromatic nitrogens is 1. The van der Waals surface area contributed by atoms with Crippen molar-refractivity contribution in [3.8, 4) is 0 Å². The van der Waals surface area contributed by atoms with Crippen LogP contribution in [-0.4, -0.2) is 23.8 Å². The van der Waals surface area contributed by atoms with Gasteiger partial charge in [0.2, 0.25) is 0 Å². The molecule has 1 heterocycles. The Kier molecular flexibility index (Phi) is 3.46. The van der Waals surface area contributed by atoms with Gasteiger partial charge in [0.1, 0.15) is 5.69 Å². The first-order valence-electron chi connectivity index (χ1n) is 5.11. The lowest BCUT2D eigenvalue weighted by atomic mass is 10.1. The van der Waals surface area contributed by atoms with E-state index >= 15 is 0 Å². The molecule has 0 radical (unpaired) electrons. The monoisotopic (exact) mass is 343 g/mol. The minimum absolute atomic E-state index is 0.221. The number of hydrogen-bond acceptors (Lipinski definition) is 3. The van der Waals surface area contributed by atoms with Gasteiger partial charge in [0.15, 0.2) is 6.29 Å². The summed E-state index contributed by atoms with van der Waals surface area (Å²) in [5, 5.41) is 0.739. The predicted molar refractivity (Wildman–Crippen MR) is 72.4 cm³/mol. The Morgan fingerprint density at radius 1 is 1.53 bits per heavy atom. The Labute approximate surface area is 111 Å². The summed E-state index contributed by atoms with van der Waals surface area (Å²) in [5.41, 5.74) is 1.34. The Bertz CT molecular complexity index is 589. The molecule has 0 unspecified atom stereocenters. The van der Waals surface area contributed by atoms with Crippen LogP contribution in [0.4, 0.5) is 0 Å². The summed E-state index contributed by atoms with van der Waals surface area (Å²) in [6, 6.07) is 5.59. The molecule has 1 N–H and O–H groups in total. The molecule has 1 aromatic heterocycles. The summed E-state index contributed by atoms with van der Waals surface area (Å²) < 4.78 is 5.93. The summed E-state index contributed by atoms with van der Waals surface area (Å²) >= 11 is 2.17. The largest absolute Gasteiger partial charge is 0.461 e. The van der Waals surface area contributed by atoms with Crippen molar-refractivity contribution in [2.45, 2.75) is 6.92 Å². The molecule has 0 aliphatic rings. The van der Waals surface area contributed by atoms with Crippen LogP contribution < -0.4 is 0 Å². The molecule has 5 heteroatoms. The van der Waals surface area contributed by atoms with Crippen molar-refractivity contribution in [1.29, 1.82) is 0 Å². The highest BCUT2D eigenvalue weighted by molar-refractivity contribution is 14.1. The first kappa shape index (κ1) is 12.1. The van der Waals surface area contributed by atoms with E-state index in [9.17, 15) is 9.59 Å². The number of benzene rings is 1. The van der Waals surface area contributed by atoms with E-state index in [2.05, 4.69) is 27.6 Å². The highest BCUT2D eigenvalue weighted by Gasteiger charge is 2.18. The fourth-order valence-electron chi connectivity index (χ4n) is 1.68. The van der Waals surface area contributed by atoms with Gasteiger partial charge in [-0.25, -0.2) is 4.79 Å². The smallest absolute Gasteiger partial charge is 0.355 e. The first-order valence-corrected chi connectivity index (χ1v) is 6.18. The van der Waals surface area contributed by atoms with Crippen LogP contribution in [-0.2, 0) is 4.74 Å². The Balaban J connectivity index is 2.63. The molecule has 2 rings (SSSR count). The number of hydrogen-bond donors (Lipinski definition) is 1. The number of H-pyrrole nitrogens is 1. The number of ether oxygens (including phenoxy) is 1. The number of aromatic amines is 1. The van der Waals surface area contributed by atoms with Gasteiger partial charge in [0.05, 0.1) is 12.2 Å². The Hall–Kier alpha value is -1.37. The summed E-state index contributed by atoms with van der Waals surface area (Å²) in [7, 11) is 0. The molecule has 2 aromatic rings. The maximum absolute atomic E-state index is 11.7. The molecule has 0 bridgehead atoms. The van der Waals surface area contributed by atoms with Crippen LogP contribution in [0.1, 0.15) is 27.8 Å². The fraction of sp³-hybridized carbons (Fsp3) is 0.167. The highest BCUT2D eigenvalue weighted by Crippen LogP contribution is 2.23. The van der Waals surface area contributed by atoms with E-state index in [1.54, 1.807) is 6.92 Å². The summed E-state index contributed by atoms with van der Waals surface area (Å²) in [6.07, 6.45) is 0.679. The van der Waals surface area contributed by atoms with Gasteiger partial charge in [-0.05, 0) is 41.6 Å². The fourth-order valence-corrected chi connectivity index (χ4v) is 2.17. The molecule has 0 aliphatic carbocycles. The Morgan fingerprint density at radius 3 is 2.94 bits per heavy atom. The van der Waals surface area contributed by atoms with Crippen LogP contribution in [0.5, 0.6) is 0 Å². The minimum Gasteiger partial charge on any atom is -0.461 e. The SMILES string of the molecule is CCOC(=O)c1[nH]c2cc(I)ccc2c1C=O. The second-order valence-electron chi connectivity index (χ2n) is 3.44. The second-order valence-corrected chi connectivity index (χ2v) is 4.69. The van der Waals surface area contributed by atoms with Crippen molar-refractivity contribution in [2.75, 3.05) is 6.61 Å². The molecule has 1 aromatic carbocycles. The van der Waals surface area contributed by atoms with E-state index in [0.29, 0.717) is 11.8 Å². The Morgan fingerprint density at radius 2 is 2.29 bits per heavy atom. The molecule has 17 heavy (non-hydrogen) atoms. The van der Waals surface area contributed by atoms with Crippen molar-refractivity contribution < 1.29 is 14.3 Å². The van der Waals surface area contributed by atoms with Gasteiger partial charge in [0, 0.05) is 14.5 Å². The second kappa shape index (κ2) is 4.87. The molecule has 0 saturated heterocycles. The van der Waals surface area contributed by atoms with Gasteiger partial charge in [-0.2, -0.15) is 0 Å². The number of esters is 1.